The summed E-state index contributed by atoms with van der Waals surface area (Å²) in [5.74, 6) is -0.729. The van der Waals surface area contributed by atoms with Gasteiger partial charge in [-0.05, 0) is 12.8 Å². The van der Waals surface area contributed by atoms with Gasteiger partial charge in [0.15, 0.2) is 11.6 Å². The van der Waals surface area contributed by atoms with Crippen LogP contribution in [-0.2, 0) is 38.2 Å². The summed E-state index contributed by atoms with van der Waals surface area (Å²) in [6.45, 7) is 6.70. The van der Waals surface area contributed by atoms with E-state index in [-0.39, 0.29) is 55.2 Å². The first-order valence-corrected chi connectivity index (χ1v) is 10.6. The molecule has 0 rings (SSSR count). The highest BCUT2D eigenvalue weighted by Crippen LogP contribution is 2.03. The Morgan fingerprint density at radius 1 is 0.467 bits per heavy atom. The van der Waals surface area contributed by atoms with Crippen LogP contribution in [-0.4, -0.2) is 48.3 Å². The van der Waals surface area contributed by atoms with Crippen LogP contribution in [0.1, 0.15) is 91.9 Å². The van der Waals surface area contributed by atoms with Crippen molar-refractivity contribution < 1.29 is 38.2 Å². The molecule has 0 amide bonds. The fourth-order valence-corrected chi connectivity index (χ4v) is 1.94. The Bertz CT molecular complexity index is 515. The monoisotopic (exact) mass is 428 g/mol. The average Bonchev–Trinajstić information content (AvgIpc) is 2.75. The molecule has 0 aromatic rings. The second-order valence-corrected chi connectivity index (χ2v) is 6.60. The lowest BCUT2D eigenvalue weighted by Crippen LogP contribution is -2.14. The summed E-state index contributed by atoms with van der Waals surface area (Å²) in [6.07, 6.45) is 3.88. The standard InChI is InChI=1S/C15H24O5.C7H12O3/c1-3-12(16)7-5-9-14(18)11-20-15(19)10-6-8-13(17)4-2;1-3-6(8)5-10-7(9)4-2/h3-11H2,1-2H3;3-5H2,1-2H3. The van der Waals surface area contributed by atoms with E-state index in [4.69, 9.17) is 4.74 Å². The Balaban J connectivity index is 0. The molecule has 0 aliphatic carbocycles. The lowest BCUT2D eigenvalue weighted by molar-refractivity contribution is -0.148. The summed E-state index contributed by atoms with van der Waals surface area (Å²) < 4.78 is 9.37. The molecule has 0 saturated carbocycles. The van der Waals surface area contributed by atoms with Gasteiger partial charge in [0, 0.05) is 51.4 Å². The Hall–Kier alpha value is -2.38. The van der Waals surface area contributed by atoms with E-state index in [2.05, 4.69) is 4.74 Å². The lowest BCUT2D eigenvalue weighted by atomic mass is 10.1. The highest BCUT2D eigenvalue weighted by atomic mass is 16.5. The Morgan fingerprint density at radius 2 is 0.867 bits per heavy atom. The molecule has 0 heterocycles. The summed E-state index contributed by atoms with van der Waals surface area (Å²) in [4.78, 5) is 65.8. The molecule has 0 aromatic heterocycles. The molecule has 0 atom stereocenters. The zero-order valence-corrected chi connectivity index (χ0v) is 18.8. The molecule has 0 bridgehead atoms. The molecule has 0 aliphatic rings. The van der Waals surface area contributed by atoms with Gasteiger partial charge in [-0.25, -0.2) is 0 Å². The number of carbonyl (C=O) groups is 6. The second-order valence-electron chi connectivity index (χ2n) is 6.60. The molecule has 0 radical (unpaired) electrons. The van der Waals surface area contributed by atoms with Crippen LogP contribution in [0.5, 0.6) is 0 Å². The molecule has 0 aromatic carbocycles. The highest BCUT2D eigenvalue weighted by molar-refractivity contribution is 5.84. The summed E-state index contributed by atoms with van der Waals surface area (Å²) in [5, 5.41) is 0. The number of rotatable bonds is 16. The van der Waals surface area contributed by atoms with E-state index in [0.29, 0.717) is 51.4 Å². The topological polar surface area (TPSA) is 121 Å². The van der Waals surface area contributed by atoms with Crippen molar-refractivity contribution in [2.24, 2.45) is 0 Å². The molecule has 30 heavy (non-hydrogen) atoms. The van der Waals surface area contributed by atoms with Crippen molar-refractivity contribution in [1.29, 1.82) is 0 Å². The summed E-state index contributed by atoms with van der Waals surface area (Å²) in [6, 6.07) is 0. The number of esters is 2. The van der Waals surface area contributed by atoms with Crippen molar-refractivity contribution in [3.8, 4) is 0 Å². The van der Waals surface area contributed by atoms with Crippen LogP contribution in [0.3, 0.4) is 0 Å². The van der Waals surface area contributed by atoms with E-state index in [0.717, 1.165) is 0 Å². The van der Waals surface area contributed by atoms with Gasteiger partial charge < -0.3 is 9.47 Å². The molecule has 172 valence electrons. The quantitative estimate of drug-likeness (QED) is 0.343. The van der Waals surface area contributed by atoms with E-state index < -0.39 is 5.97 Å². The maximum atomic E-state index is 11.4. The molecule has 0 spiro atoms. The van der Waals surface area contributed by atoms with Gasteiger partial charge in [0.05, 0.1) is 0 Å². The van der Waals surface area contributed by atoms with E-state index in [1.54, 1.807) is 27.7 Å². The third-order valence-corrected chi connectivity index (χ3v) is 4.01. The molecule has 8 nitrogen and oxygen atoms in total. The van der Waals surface area contributed by atoms with Gasteiger partial charge in [-0.3, -0.25) is 28.8 Å². The Morgan fingerprint density at radius 3 is 1.33 bits per heavy atom. The maximum absolute atomic E-state index is 11.4. The number of Topliss-reactive ketones (excluding diaryl/α,β-unsaturated/α-hetero) is 4. The van der Waals surface area contributed by atoms with Gasteiger partial charge >= 0.3 is 11.9 Å². The van der Waals surface area contributed by atoms with E-state index in [1.165, 1.54) is 0 Å². The van der Waals surface area contributed by atoms with Crippen LogP contribution >= 0.6 is 0 Å². The van der Waals surface area contributed by atoms with Gasteiger partial charge in [-0.15, -0.1) is 0 Å². The SMILES string of the molecule is CCC(=O)CCCC(=O)COC(=O)CCCC(=O)CC.CCC(=O)COC(=O)CC. The van der Waals surface area contributed by atoms with Gasteiger partial charge in [0.2, 0.25) is 0 Å². The average molecular weight is 429 g/mol. The zero-order valence-electron chi connectivity index (χ0n) is 18.8. The molecule has 0 fully saturated rings. The number of hydrogen-bond donors (Lipinski definition) is 0. The maximum Gasteiger partial charge on any atom is 0.306 e. The van der Waals surface area contributed by atoms with Crippen molar-refractivity contribution >= 4 is 35.1 Å². The van der Waals surface area contributed by atoms with Gasteiger partial charge in [-0.2, -0.15) is 0 Å². The van der Waals surface area contributed by atoms with Crippen molar-refractivity contribution in [3.05, 3.63) is 0 Å². The molecule has 0 aliphatic heterocycles. The first kappa shape index (κ1) is 29.8. The molecular weight excluding hydrogens is 392 g/mol. The first-order chi connectivity index (χ1) is 14.2. The Kier molecular flexibility index (Phi) is 19.8. The van der Waals surface area contributed by atoms with Crippen LogP contribution < -0.4 is 0 Å². The number of ketones is 4. The van der Waals surface area contributed by atoms with Crippen molar-refractivity contribution in [2.45, 2.75) is 91.9 Å². The molecule has 8 heteroatoms. The van der Waals surface area contributed by atoms with Crippen LogP contribution in [0.25, 0.3) is 0 Å². The van der Waals surface area contributed by atoms with Crippen LogP contribution in [0, 0.1) is 0 Å². The normalized spacial score (nSPS) is 9.73. The van der Waals surface area contributed by atoms with Gasteiger partial charge in [0.1, 0.15) is 24.8 Å². The third-order valence-electron chi connectivity index (χ3n) is 4.01. The first-order valence-electron chi connectivity index (χ1n) is 10.6. The number of ether oxygens (including phenoxy) is 2. The fourth-order valence-electron chi connectivity index (χ4n) is 1.94. The zero-order chi connectivity index (χ0) is 23.4. The van der Waals surface area contributed by atoms with Crippen molar-refractivity contribution in [3.63, 3.8) is 0 Å². The molecule has 0 saturated heterocycles. The third kappa shape index (κ3) is 20.4. The minimum absolute atomic E-state index is 0.0400. The smallest absolute Gasteiger partial charge is 0.306 e. The molecule has 0 unspecified atom stereocenters. The predicted octanol–water partition coefficient (Wildman–Crippen LogP) is 3.32. The Labute approximate surface area is 179 Å². The highest BCUT2D eigenvalue weighted by Gasteiger charge is 2.09. The minimum Gasteiger partial charge on any atom is -0.458 e. The van der Waals surface area contributed by atoms with E-state index >= 15 is 0 Å². The summed E-state index contributed by atoms with van der Waals surface area (Å²) >= 11 is 0. The van der Waals surface area contributed by atoms with Gasteiger partial charge in [0.25, 0.3) is 0 Å². The fraction of sp³-hybridized carbons (Fsp3) is 0.727. The molecule has 0 N–H and O–H groups in total. The predicted molar refractivity (Wildman–Crippen MR) is 111 cm³/mol. The van der Waals surface area contributed by atoms with Crippen molar-refractivity contribution in [2.75, 3.05) is 13.2 Å². The van der Waals surface area contributed by atoms with Crippen LogP contribution in [0.2, 0.25) is 0 Å². The van der Waals surface area contributed by atoms with Crippen molar-refractivity contribution in [1.82, 2.24) is 0 Å². The van der Waals surface area contributed by atoms with Crippen LogP contribution in [0.4, 0.5) is 0 Å². The second kappa shape index (κ2) is 19.9. The van der Waals surface area contributed by atoms with E-state index in [1.807, 2.05) is 0 Å². The minimum atomic E-state index is -0.452. The lowest BCUT2D eigenvalue weighted by Gasteiger charge is -2.04. The summed E-state index contributed by atoms with van der Waals surface area (Å²) in [5.41, 5.74) is 0. The van der Waals surface area contributed by atoms with E-state index in [9.17, 15) is 28.8 Å². The van der Waals surface area contributed by atoms with Gasteiger partial charge in [-0.1, -0.05) is 27.7 Å². The largest absolute Gasteiger partial charge is 0.458 e. The summed E-state index contributed by atoms with van der Waals surface area (Å²) in [7, 11) is 0. The number of carbonyl (C=O) groups excluding carboxylic acids is 6. The van der Waals surface area contributed by atoms with Crippen LogP contribution in [0.15, 0.2) is 0 Å². The molecular formula is C22H36O8. The number of hydrogen-bond acceptors (Lipinski definition) is 8.